The number of aliphatic hydroxyl groups excluding tert-OH is 1. The summed E-state index contributed by atoms with van der Waals surface area (Å²) in [6, 6.07) is 18.9. The van der Waals surface area contributed by atoms with Crippen LogP contribution in [0.3, 0.4) is 0 Å². The van der Waals surface area contributed by atoms with E-state index < -0.39 is 28.2 Å². The fourth-order valence-corrected chi connectivity index (χ4v) is 3.33. The van der Waals surface area contributed by atoms with Crippen LogP contribution in [0.4, 0.5) is 0 Å². The Morgan fingerprint density at radius 3 is 1.72 bits per heavy atom. The lowest BCUT2D eigenvalue weighted by molar-refractivity contribution is 0.0680. The summed E-state index contributed by atoms with van der Waals surface area (Å²) < 4.78 is 37.2. The Kier molecular flexibility index (Phi) is 10.9. The van der Waals surface area contributed by atoms with Gasteiger partial charge in [-0.3, -0.25) is 4.55 Å². The van der Waals surface area contributed by atoms with Crippen LogP contribution >= 0.6 is 0 Å². The number of nitrogens with one attached hydrogen (secondary N) is 1. The Labute approximate surface area is 229 Å². The van der Waals surface area contributed by atoms with Crippen molar-refractivity contribution in [2.45, 2.75) is 46.3 Å². The van der Waals surface area contributed by atoms with E-state index in [-0.39, 0.29) is 17.0 Å². The minimum atomic E-state index is -3.67. The van der Waals surface area contributed by atoms with E-state index in [9.17, 15) is 23.1 Å². The summed E-state index contributed by atoms with van der Waals surface area (Å²) in [6.07, 6.45) is -0.135. The van der Waals surface area contributed by atoms with Gasteiger partial charge in [0.2, 0.25) is 0 Å². The first-order valence-electron chi connectivity index (χ1n) is 12.1. The van der Waals surface area contributed by atoms with Gasteiger partial charge in [0.05, 0.1) is 23.5 Å². The highest BCUT2D eigenvalue weighted by Crippen LogP contribution is 2.32. The second-order valence-corrected chi connectivity index (χ2v) is 11.5. The van der Waals surface area contributed by atoms with Gasteiger partial charge in [-0.15, -0.1) is 0 Å². The van der Waals surface area contributed by atoms with E-state index in [2.05, 4.69) is 5.32 Å². The Morgan fingerprint density at radius 1 is 0.846 bits per heavy atom. The molecular formula is C29H35NO8S. The molecule has 3 rings (SSSR count). The maximum absolute atomic E-state index is 12.9. The topological polar surface area (TPSA) is 139 Å². The van der Waals surface area contributed by atoms with Crippen LogP contribution in [0.1, 0.15) is 64.3 Å². The van der Waals surface area contributed by atoms with Crippen molar-refractivity contribution in [2.24, 2.45) is 0 Å². The monoisotopic (exact) mass is 557 g/mol. The normalized spacial score (nSPS) is 12.1. The first kappa shape index (κ1) is 31.6. The summed E-state index contributed by atoms with van der Waals surface area (Å²) in [6.45, 7) is 9.94. The molecule has 9 nitrogen and oxygen atoms in total. The second-order valence-electron chi connectivity index (χ2n) is 9.99. The average molecular weight is 558 g/mol. The van der Waals surface area contributed by atoms with E-state index in [0.29, 0.717) is 29.5 Å². The largest absolute Gasteiger partial charge is 0.419 e. The van der Waals surface area contributed by atoms with Crippen molar-refractivity contribution in [1.82, 2.24) is 5.32 Å². The summed E-state index contributed by atoms with van der Waals surface area (Å²) in [7, 11) is -3.67. The third-order valence-electron chi connectivity index (χ3n) is 5.31. The Bertz CT molecular complexity index is 1400. The van der Waals surface area contributed by atoms with E-state index >= 15 is 0 Å². The molecule has 3 aromatic rings. The molecule has 0 aliphatic carbocycles. The molecule has 0 fully saturated rings. The van der Waals surface area contributed by atoms with Crippen LogP contribution in [0.15, 0.2) is 66.7 Å². The minimum absolute atomic E-state index is 0.0579. The highest BCUT2D eigenvalue weighted by Gasteiger charge is 2.21. The van der Waals surface area contributed by atoms with Crippen LogP contribution in [0.25, 0.3) is 0 Å². The van der Waals surface area contributed by atoms with Gasteiger partial charge < -0.3 is 19.9 Å². The SMILES string of the molecule is CS(=O)(=O)O.Cc1ccccc1C(=O)Oc1ccc(C(O)CNC(C)(C)C)cc1OC(=O)c1ccccc1C. The summed E-state index contributed by atoms with van der Waals surface area (Å²) in [4.78, 5) is 25.7. The number of hydrogen-bond donors (Lipinski definition) is 3. The third-order valence-corrected chi connectivity index (χ3v) is 5.31. The molecular weight excluding hydrogens is 522 g/mol. The predicted octanol–water partition coefficient (Wildman–Crippen LogP) is 4.67. The van der Waals surface area contributed by atoms with Crippen LogP contribution in [-0.4, -0.2) is 48.4 Å². The van der Waals surface area contributed by atoms with Crippen molar-refractivity contribution >= 4 is 22.1 Å². The minimum Gasteiger partial charge on any atom is -0.419 e. The molecule has 39 heavy (non-hydrogen) atoms. The van der Waals surface area contributed by atoms with Crippen molar-refractivity contribution in [3.05, 3.63) is 94.5 Å². The molecule has 0 aromatic heterocycles. The number of benzene rings is 3. The highest BCUT2D eigenvalue weighted by molar-refractivity contribution is 7.85. The van der Waals surface area contributed by atoms with E-state index in [4.69, 9.17) is 14.0 Å². The molecule has 3 aromatic carbocycles. The highest BCUT2D eigenvalue weighted by atomic mass is 32.2. The molecule has 0 radical (unpaired) electrons. The Morgan fingerprint density at radius 2 is 1.28 bits per heavy atom. The molecule has 210 valence electrons. The van der Waals surface area contributed by atoms with Crippen molar-refractivity contribution in [1.29, 1.82) is 0 Å². The van der Waals surface area contributed by atoms with Crippen LogP contribution in [0.5, 0.6) is 11.5 Å². The predicted molar refractivity (Wildman–Crippen MR) is 149 cm³/mol. The van der Waals surface area contributed by atoms with Crippen LogP contribution < -0.4 is 14.8 Å². The number of carbonyl (C=O) groups excluding carboxylic acids is 2. The number of carbonyl (C=O) groups is 2. The van der Waals surface area contributed by atoms with Crippen LogP contribution in [-0.2, 0) is 10.1 Å². The van der Waals surface area contributed by atoms with E-state index in [1.165, 1.54) is 12.1 Å². The summed E-state index contributed by atoms with van der Waals surface area (Å²) in [5, 5.41) is 13.9. The van der Waals surface area contributed by atoms with Gasteiger partial charge in [-0.05, 0) is 75.6 Å². The third kappa shape index (κ3) is 11.0. The molecule has 1 unspecified atom stereocenters. The fraction of sp³-hybridized carbons (Fsp3) is 0.310. The molecule has 3 N–H and O–H groups in total. The van der Waals surface area contributed by atoms with Gasteiger partial charge in [0.15, 0.2) is 11.5 Å². The van der Waals surface area contributed by atoms with E-state index in [0.717, 1.165) is 11.1 Å². The molecule has 0 saturated carbocycles. The van der Waals surface area contributed by atoms with Crippen molar-refractivity contribution in [3.8, 4) is 11.5 Å². The van der Waals surface area contributed by atoms with Crippen molar-refractivity contribution < 1.29 is 37.1 Å². The molecule has 0 saturated heterocycles. The molecule has 0 heterocycles. The first-order chi connectivity index (χ1) is 18.0. The zero-order valence-corrected chi connectivity index (χ0v) is 23.7. The maximum atomic E-state index is 12.9. The standard InChI is InChI=1S/C28H31NO5.CH4O3S/c1-18-10-6-8-12-21(18)26(31)33-24-15-14-20(23(30)17-29-28(3,4)5)16-25(24)34-27(32)22-13-9-7-11-19(22)2;1-5(2,3)4/h6-16,23,29-30H,17H2,1-5H3;1H3,(H,2,3,4). The first-order valence-corrected chi connectivity index (χ1v) is 13.9. The number of β-amino-alcohol motifs (C(OH)–C–C–N with tert-alkyl or cyclic N) is 1. The molecule has 0 bridgehead atoms. The van der Waals surface area contributed by atoms with Crippen LogP contribution in [0, 0.1) is 13.8 Å². The van der Waals surface area contributed by atoms with Gasteiger partial charge in [-0.25, -0.2) is 9.59 Å². The molecule has 0 aliphatic rings. The number of ether oxygens (including phenoxy) is 2. The Balaban J connectivity index is 0.000000976. The lowest BCUT2D eigenvalue weighted by atomic mass is 10.1. The smallest absolute Gasteiger partial charge is 0.343 e. The number of rotatable bonds is 7. The number of esters is 2. The maximum Gasteiger partial charge on any atom is 0.343 e. The van der Waals surface area contributed by atoms with Gasteiger partial charge in [-0.1, -0.05) is 42.5 Å². The van der Waals surface area contributed by atoms with E-state index in [1.807, 2.05) is 58.9 Å². The van der Waals surface area contributed by atoms with Gasteiger partial charge in [0.25, 0.3) is 10.1 Å². The average Bonchev–Trinajstić information content (AvgIpc) is 2.82. The van der Waals surface area contributed by atoms with Gasteiger partial charge in [0.1, 0.15) is 0 Å². The number of hydrogen-bond acceptors (Lipinski definition) is 8. The van der Waals surface area contributed by atoms with Crippen LogP contribution in [0.2, 0.25) is 0 Å². The second kappa shape index (κ2) is 13.5. The molecule has 10 heteroatoms. The summed E-state index contributed by atoms with van der Waals surface area (Å²) in [5.41, 5.74) is 2.70. The summed E-state index contributed by atoms with van der Waals surface area (Å²) in [5.74, 6) is -0.989. The van der Waals surface area contributed by atoms with Crippen molar-refractivity contribution in [3.63, 3.8) is 0 Å². The van der Waals surface area contributed by atoms with Gasteiger partial charge in [-0.2, -0.15) is 8.42 Å². The van der Waals surface area contributed by atoms with Gasteiger partial charge in [0, 0.05) is 12.1 Å². The fourth-order valence-electron chi connectivity index (χ4n) is 3.33. The lowest BCUT2D eigenvalue weighted by Crippen LogP contribution is -2.38. The lowest BCUT2D eigenvalue weighted by Gasteiger charge is -2.23. The van der Waals surface area contributed by atoms with Crippen molar-refractivity contribution in [2.75, 3.05) is 12.8 Å². The van der Waals surface area contributed by atoms with Gasteiger partial charge >= 0.3 is 11.9 Å². The Hall–Kier alpha value is -3.57. The summed E-state index contributed by atoms with van der Waals surface area (Å²) >= 11 is 0. The number of aliphatic hydroxyl groups is 1. The van der Waals surface area contributed by atoms with E-state index in [1.54, 1.807) is 30.3 Å². The number of aryl methyl sites for hydroxylation is 2. The molecule has 0 amide bonds. The zero-order chi connectivity index (χ0) is 29.4. The molecule has 1 atom stereocenters. The molecule has 0 aliphatic heterocycles. The molecule has 0 spiro atoms. The zero-order valence-electron chi connectivity index (χ0n) is 22.9. The quantitative estimate of drug-likeness (QED) is 0.215.